The van der Waals surface area contributed by atoms with Crippen molar-refractivity contribution in [1.82, 2.24) is 4.98 Å². The Hall–Kier alpha value is -1.83. The molecule has 0 spiro atoms. The zero-order valence-corrected chi connectivity index (χ0v) is 14.9. The fraction of sp³-hybridized carbons (Fsp3) is 0.625. The molecule has 2 aliphatic carbocycles. The molecule has 2 N–H and O–H groups in total. The highest BCUT2D eigenvalue weighted by atomic mass is 32.2. The Labute approximate surface area is 142 Å². The summed E-state index contributed by atoms with van der Waals surface area (Å²) in [4.78, 5) is 15.7. The van der Waals surface area contributed by atoms with Gasteiger partial charge in [0.2, 0.25) is 10.0 Å². The molecule has 1 aromatic heterocycles. The number of aromatic nitrogens is 1. The number of carboxylic acids is 1. The highest BCUT2D eigenvalue weighted by Gasteiger charge is 2.52. The van der Waals surface area contributed by atoms with Crippen LogP contribution in [0.25, 0.3) is 0 Å². The molecular formula is C16H23N3O4S. The molecule has 2 aliphatic rings. The molecule has 24 heavy (non-hydrogen) atoms. The van der Waals surface area contributed by atoms with E-state index in [1.54, 1.807) is 6.92 Å². The molecule has 7 nitrogen and oxygen atoms in total. The highest BCUT2D eigenvalue weighted by Crippen LogP contribution is 2.45. The Morgan fingerprint density at radius 1 is 1.46 bits per heavy atom. The lowest BCUT2D eigenvalue weighted by Gasteiger charge is -2.23. The Bertz CT molecular complexity index is 774. The fourth-order valence-electron chi connectivity index (χ4n) is 2.70. The molecule has 0 aliphatic heterocycles. The number of rotatable bonds is 7. The molecule has 1 unspecified atom stereocenters. The molecule has 8 heteroatoms. The standard InChI is InChI=1S/C16H23N3O4S/c1-10-6-12(10)9-17-13-7-11(15(20)21)8-14(18-13)19(3)24(22,23)16(2)4-5-16/h7-8,10,12H,4-6,9H2,1-3H3,(H,17,18)(H,20,21)/t10-,12?/m0/s1. The highest BCUT2D eigenvalue weighted by molar-refractivity contribution is 7.94. The summed E-state index contributed by atoms with van der Waals surface area (Å²) >= 11 is 0. The van der Waals surface area contributed by atoms with Crippen LogP contribution in [0.2, 0.25) is 0 Å². The molecule has 3 rings (SSSR count). The van der Waals surface area contributed by atoms with E-state index in [-0.39, 0.29) is 11.4 Å². The van der Waals surface area contributed by atoms with Crippen LogP contribution in [0.15, 0.2) is 12.1 Å². The third-order valence-electron chi connectivity index (χ3n) is 5.14. The molecular weight excluding hydrogens is 330 g/mol. The number of nitrogens with zero attached hydrogens (tertiary/aromatic N) is 2. The van der Waals surface area contributed by atoms with Crippen LogP contribution < -0.4 is 9.62 Å². The third kappa shape index (κ3) is 3.07. The lowest BCUT2D eigenvalue weighted by Crippen LogP contribution is -2.36. The van der Waals surface area contributed by atoms with Crippen molar-refractivity contribution in [3.8, 4) is 0 Å². The van der Waals surface area contributed by atoms with Gasteiger partial charge in [-0.1, -0.05) is 6.92 Å². The van der Waals surface area contributed by atoms with Gasteiger partial charge in [-0.3, -0.25) is 4.31 Å². The van der Waals surface area contributed by atoms with Gasteiger partial charge in [0.15, 0.2) is 0 Å². The molecule has 0 amide bonds. The van der Waals surface area contributed by atoms with Crippen LogP contribution in [-0.2, 0) is 10.0 Å². The molecule has 132 valence electrons. The number of carbonyl (C=O) groups is 1. The minimum absolute atomic E-state index is 0.0225. The van der Waals surface area contributed by atoms with E-state index in [1.165, 1.54) is 19.2 Å². The summed E-state index contributed by atoms with van der Waals surface area (Å²) < 4.78 is 25.6. The maximum Gasteiger partial charge on any atom is 0.335 e. The van der Waals surface area contributed by atoms with Crippen LogP contribution in [0.3, 0.4) is 0 Å². The van der Waals surface area contributed by atoms with E-state index in [4.69, 9.17) is 0 Å². The van der Waals surface area contributed by atoms with Gasteiger partial charge < -0.3 is 10.4 Å². The van der Waals surface area contributed by atoms with Gasteiger partial charge in [-0.25, -0.2) is 18.2 Å². The van der Waals surface area contributed by atoms with E-state index in [2.05, 4.69) is 17.2 Å². The normalized spacial score (nSPS) is 24.3. The van der Waals surface area contributed by atoms with Gasteiger partial charge in [0, 0.05) is 13.6 Å². The number of pyridine rings is 1. The second-order valence-corrected chi connectivity index (χ2v) is 9.66. The first-order valence-electron chi connectivity index (χ1n) is 8.12. The predicted molar refractivity (Wildman–Crippen MR) is 91.9 cm³/mol. The van der Waals surface area contributed by atoms with Gasteiger partial charge >= 0.3 is 5.97 Å². The van der Waals surface area contributed by atoms with Crippen molar-refractivity contribution in [1.29, 1.82) is 0 Å². The van der Waals surface area contributed by atoms with E-state index in [9.17, 15) is 18.3 Å². The van der Waals surface area contributed by atoms with Gasteiger partial charge in [0.05, 0.1) is 10.3 Å². The van der Waals surface area contributed by atoms with Crippen molar-refractivity contribution in [2.75, 3.05) is 23.2 Å². The van der Waals surface area contributed by atoms with Crippen LogP contribution in [-0.4, -0.2) is 42.8 Å². The molecule has 2 atom stereocenters. The predicted octanol–water partition coefficient (Wildman–Crippen LogP) is 2.17. The lowest BCUT2D eigenvalue weighted by atomic mass is 10.2. The summed E-state index contributed by atoms with van der Waals surface area (Å²) in [5, 5.41) is 12.4. The van der Waals surface area contributed by atoms with Crippen LogP contribution in [0.5, 0.6) is 0 Å². The van der Waals surface area contributed by atoms with Crippen LogP contribution in [0.4, 0.5) is 11.6 Å². The van der Waals surface area contributed by atoms with E-state index >= 15 is 0 Å². The SMILES string of the molecule is C[C@H]1CC1CNc1cc(C(=O)O)cc(N(C)S(=O)(=O)C2(C)CC2)n1. The van der Waals surface area contributed by atoms with Crippen molar-refractivity contribution in [3.63, 3.8) is 0 Å². The van der Waals surface area contributed by atoms with Crippen molar-refractivity contribution in [2.24, 2.45) is 11.8 Å². The summed E-state index contributed by atoms with van der Waals surface area (Å²) in [5.41, 5.74) is 0.0225. The molecule has 0 saturated heterocycles. The summed E-state index contributed by atoms with van der Waals surface area (Å²) in [7, 11) is -2.13. The molecule has 0 aromatic carbocycles. The number of carboxylic acid groups (broad SMARTS) is 1. The molecule has 1 heterocycles. The maximum atomic E-state index is 12.6. The van der Waals surface area contributed by atoms with Gasteiger partial charge in [0.25, 0.3) is 0 Å². The second kappa shape index (κ2) is 5.61. The maximum absolute atomic E-state index is 12.6. The van der Waals surface area contributed by atoms with Gasteiger partial charge in [0.1, 0.15) is 11.6 Å². The summed E-state index contributed by atoms with van der Waals surface area (Å²) in [6.07, 6.45) is 2.37. The Morgan fingerprint density at radius 3 is 2.58 bits per heavy atom. The van der Waals surface area contributed by atoms with E-state index in [0.29, 0.717) is 37.0 Å². The number of anilines is 2. The van der Waals surface area contributed by atoms with Crippen molar-refractivity contribution in [3.05, 3.63) is 17.7 Å². The Kier molecular flexibility index (Phi) is 3.98. The van der Waals surface area contributed by atoms with Crippen molar-refractivity contribution < 1.29 is 18.3 Å². The summed E-state index contributed by atoms with van der Waals surface area (Å²) in [6, 6.07) is 2.74. The summed E-state index contributed by atoms with van der Waals surface area (Å²) in [6.45, 7) is 4.58. The number of hydrogen-bond donors (Lipinski definition) is 2. The third-order valence-corrected chi connectivity index (χ3v) is 7.70. The average molecular weight is 353 g/mol. The average Bonchev–Trinajstić information content (AvgIpc) is 3.43. The topological polar surface area (TPSA) is 99.6 Å². The first-order valence-corrected chi connectivity index (χ1v) is 9.56. The van der Waals surface area contributed by atoms with Crippen LogP contribution >= 0.6 is 0 Å². The second-order valence-electron chi connectivity index (χ2n) is 7.18. The lowest BCUT2D eigenvalue weighted by molar-refractivity contribution is 0.0697. The minimum atomic E-state index is -3.56. The van der Waals surface area contributed by atoms with Gasteiger partial charge in [-0.05, 0) is 50.2 Å². The largest absolute Gasteiger partial charge is 0.478 e. The number of aromatic carboxylic acids is 1. The monoisotopic (exact) mass is 353 g/mol. The first kappa shape index (κ1) is 17.0. The Morgan fingerprint density at radius 2 is 2.08 bits per heavy atom. The zero-order valence-electron chi connectivity index (χ0n) is 14.1. The number of sulfonamides is 1. The van der Waals surface area contributed by atoms with Crippen LogP contribution in [0, 0.1) is 11.8 Å². The molecule has 1 aromatic rings. The number of nitrogens with one attached hydrogen (secondary N) is 1. The quantitative estimate of drug-likeness (QED) is 0.779. The minimum Gasteiger partial charge on any atom is -0.478 e. The van der Waals surface area contributed by atoms with E-state index in [0.717, 1.165) is 10.7 Å². The zero-order chi connectivity index (χ0) is 17.7. The molecule has 2 saturated carbocycles. The van der Waals surface area contributed by atoms with E-state index in [1.807, 2.05) is 0 Å². The Balaban J connectivity index is 1.88. The van der Waals surface area contributed by atoms with E-state index < -0.39 is 20.7 Å². The van der Waals surface area contributed by atoms with Gasteiger partial charge in [-0.2, -0.15) is 0 Å². The van der Waals surface area contributed by atoms with Crippen LogP contribution in [0.1, 0.15) is 43.5 Å². The van der Waals surface area contributed by atoms with Crippen molar-refractivity contribution in [2.45, 2.75) is 37.9 Å². The fourth-order valence-corrected chi connectivity index (χ4v) is 4.32. The van der Waals surface area contributed by atoms with Gasteiger partial charge in [-0.15, -0.1) is 0 Å². The smallest absolute Gasteiger partial charge is 0.335 e. The molecule has 0 bridgehead atoms. The number of hydrogen-bond acceptors (Lipinski definition) is 5. The van der Waals surface area contributed by atoms with Crippen molar-refractivity contribution >= 4 is 27.6 Å². The molecule has 2 fully saturated rings. The summed E-state index contributed by atoms with van der Waals surface area (Å²) in [5.74, 6) is 0.652. The molecule has 0 radical (unpaired) electrons. The first-order chi connectivity index (χ1) is 11.1.